The Kier molecular flexibility index (Phi) is 5.64. The first-order chi connectivity index (χ1) is 14.7. The molecule has 2 aromatic heterocycles. The van der Waals surface area contributed by atoms with E-state index in [0.717, 1.165) is 53.7 Å². The maximum Gasteiger partial charge on any atom is 0.169 e. The van der Waals surface area contributed by atoms with Gasteiger partial charge in [-0.2, -0.15) is 5.26 Å². The number of para-hydroxylation sites is 2. The maximum absolute atomic E-state index is 11.7. The lowest BCUT2D eigenvalue weighted by Gasteiger charge is -2.11. The number of nitriles is 1. The normalized spacial score (nSPS) is 11.0. The molecule has 2 aromatic carbocycles. The summed E-state index contributed by atoms with van der Waals surface area (Å²) in [5, 5.41) is 9.69. The highest BCUT2D eigenvalue weighted by molar-refractivity contribution is 6.31. The van der Waals surface area contributed by atoms with Crippen molar-refractivity contribution in [2.24, 2.45) is 0 Å². The van der Waals surface area contributed by atoms with Gasteiger partial charge in [0.1, 0.15) is 23.9 Å². The van der Waals surface area contributed by atoms with Gasteiger partial charge in [0.05, 0.1) is 28.8 Å². The van der Waals surface area contributed by atoms with Gasteiger partial charge in [-0.15, -0.1) is 0 Å². The number of benzene rings is 2. The lowest BCUT2D eigenvalue weighted by Crippen LogP contribution is -2.09. The third-order valence-corrected chi connectivity index (χ3v) is 5.46. The number of imidazole rings is 2. The highest BCUT2D eigenvalue weighted by atomic mass is 35.5. The van der Waals surface area contributed by atoms with Gasteiger partial charge in [-0.1, -0.05) is 49.2 Å². The smallest absolute Gasteiger partial charge is 0.169 e. The van der Waals surface area contributed by atoms with Crippen LogP contribution in [0.4, 0.5) is 0 Å². The largest absolute Gasteiger partial charge is 0.320 e. The highest BCUT2D eigenvalue weighted by Gasteiger charge is 2.17. The summed E-state index contributed by atoms with van der Waals surface area (Å²) in [4.78, 5) is 20.7. The van der Waals surface area contributed by atoms with Crippen LogP contribution < -0.4 is 0 Å². The SMILES string of the molecule is CCCCc1nc(Cl)c(C=O)n1Cc1cccc2c1ncn2-c1ccccc1C#N. The minimum atomic E-state index is 0.233. The summed E-state index contributed by atoms with van der Waals surface area (Å²) < 4.78 is 3.79. The van der Waals surface area contributed by atoms with E-state index >= 15 is 0 Å². The van der Waals surface area contributed by atoms with Gasteiger partial charge < -0.3 is 4.57 Å². The summed E-state index contributed by atoms with van der Waals surface area (Å²) in [5.41, 5.74) is 4.40. The van der Waals surface area contributed by atoms with Gasteiger partial charge in [-0.25, -0.2) is 9.97 Å². The van der Waals surface area contributed by atoms with Crippen LogP contribution in [-0.2, 0) is 13.0 Å². The Morgan fingerprint density at radius 1 is 1.20 bits per heavy atom. The highest BCUT2D eigenvalue weighted by Crippen LogP contribution is 2.26. The van der Waals surface area contributed by atoms with Crippen molar-refractivity contribution >= 4 is 28.9 Å². The van der Waals surface area contributed by atoms with Crippen molar-refractivity contribution in [3.8, 4) is 11.8 Å². The van der Waals surface area contributed by atoms with Gasteiger partial charge in [-0.3, -0.25) is 9.36 Å². The van der Waals surface area contributed by atoms with Gasteiger partial charge in [0, 0.05) is 6.42 Å². The van der Waals surface area contributed by atoms with E-state index in [9.17, 15) is 10.1 Å². The van der Waals surface area contributed by atoms with Crippen molar-refractivity contribution < 1.29 is 4.79 Å². The van der Waals surface area contributed by atoms with Gasteiger partial charge in [0.25, 0.3) is 0 Å². The Hall–Kier alpha value is -3.43. The Labute approximate surface area is 179 Å². The molecule has 0 fully saturated rings. The molecule has 30 heavy (non-hydrogen) atoms. The number of aryl methyl sites for hydroxylation is 1. The Balaban J connectivity index is 1.80. The average Bonchev–Trinajstić information content (AvgIpc) is 3.33. The number of nitrogens with zero attached hydrogens (tertiary/aromatic N) is 5. The number of unbranched alkanes of at least 4 members (excludes halogenated alkanes) is 1. The lowest BCUT2D eigenvalue weighted by atomic mass is 10.1. The van der Waals surface area contributed by atoms with Crippen molar-refractivity contribution in [3.05, 3.63) is 76.6 Å². The monoisotopic (exact) mass is 417 g/mol. The number of aldehydes is 1. The third kappa shape index (κ3) is 3.49. The van der Waals surface area contributed by atoms with Gasteiger partial charge in [0.2, 0.25) is 0 Å². The van der Waals surface area contributed by atoms with E-state index in [1.165, 1.54) is 0 Å². The second kappa shape index (κ2) is 8.52. The van der Waals surface area contributed by atoms with Crippen LogP contribution >= 0.6 is 11.6 Å². The number of fused-ring (bicyclic) bond motifs is 1. The van der Waals surface area contributed by atoms with Crippen LogP contribution in [0.2, 0.25) is 5.15 Å². The van der Waals surface area contributed by atoms with Crippen molar-refractivity contribution in [1.82, 2.24) is 19.1 Å². The predicted octanol–water partition coefficient (Wildman–Crippen LogP) is 4.95. The first-order valence-corrected chi connectivity index (χ1v) is 10.2. The van der Waals surface area contributed by atoms with Crippen LogP contribution in [0, 0.1) is 11.3 Å². The van der Waals surface area contributed by atoms with Crippen LogP contribution in [-0.4, -0.2) is 25.4 Å². The Bertz CT molecular complexity index is 1260. The average molecular weight is 418 g/mol. The molecule has 6 nitrogen and oxygen atoms in total. The zero-order valence-electron chi connectivity index (χ0n) is 16.5. The molecule has 0 saturated heterocycles. The standard InChI is InChI=1S/C23H20ClN5O/c1-2-3-11-21-27-23(24)20(14-30)28(21)13-17-8-6-10-19-22(17)26-15-29(19)18-9-5-4-7-16(18)12-25/h4-10,14-15H,2-3,11,13H2,1H3. The van der Waals surface area contributed by atoms with Crippen molar-refractivity contribution in [3.63, 3.8) is 0 Å². The summed E-state index contributed by atoms with van der Waals surface area (Å²) >= 11 is 6.22. The molecular weight excluding hydrogens is 398 g/mol. The van der Waals surface area contributed by atoms with E-state index in [4.69, 9.17) is 11.6 Å². The minimum absolute atomic E-state index is 0.233. The molecule has 2 heterocycles. The molecule has 0 aliphatic heterocycles. The van der Waals surface area contributed by atoms with Gasteiger partial charge in [0.15, 0.2) is 11.4 Å². The molecule has 0 saturated carbocycles. The first-order valence-electron chi connectivity index (χ1n) is 9.82. The number of carbonyl (C=O) groups excluding carboxylic acids is 1. The Morgan fingerprint density at radius 3 is 2.80 bits per heavy atom. The molecule has 0 unspecified atom stereocenters. The second-order valence-electron chi connectivity index (χ2n) is 7.04. The van der Waals surface area contributed by atoms with Gasteiger partial charge >= 0.3 is 0 Å². The van der Waals surface area contributed by atoms with E-state index in [1.54, 1.807) is 12.4 Å². The minimum Gasteiger partial charge on any atom is -0.320 e. The zero-order chi connectivity index (χ0) is 21.1. The van der Waals surface area contributed by atoms with E-state index < -0.39 is 0 Å². The maximum atomic E-state index is 11.7. The fourth-order valence-electron chi connectivity index (χ4n) is 3.66. The van der Waals surface area contributed by atoms with E-state index in [-0.39, 0.29) is 5.15 Å². The Morgan fingerprint density at radius 2 is 2.03 bits per heavy atom. The lowest BCUT2D eigenvalue weighted by molar-refractivity contribution is 0.111. The summed E-state index contributed by atoms with van der Waals surface area (Å²) in [6, 6.07) is 15.6. The van der Waals surface area contributed by atoms with Crippen molar-refractivity contribution in [1.29, 1.82) is 5.26 Å². The van der Waals surface area contributed by atoms with E-state index in [1.807, 2.05) is 45.5 Å². The van der Waals surface area contributed by atoms with Crippen LogP contribution in [0.3, 0.4) is 0 Å². The molecule has 0 spiro atoms. The van der Waals surface area contributed by atoms with Crippen LogP contribution in [0.15, 0.2) is 48.8 Å². The van der Waals surface area contributed by atoms with Crippen molar-refractivity contribution in [2.75, 3.05) is 0 Å². The number of aromatic nitrogens is 4. The van der Waals surface area contributed by atoms with Crippen LogP contribution in [0.1, 0.15) is 47.2 Å². The number of carbonyl (C=O) groups is 1. The summed E-state index contributed by atoms with van der Waals surface area (Å²) in [6.45, 7) is 2.56. The first kappa shape index (κ1) is 19.9. The summed E-state index contributed by atoms with van der Waals surface area (Å²) in [6.07, 6.45) is 5.23. The molecule has 0 atom stereocenters. The molecule has 0 amide bonds. The van der Waals surface area contributed by atoms with Gasteiger partial charge in [-0.05, 0) is 30.2 Å². The van der Waals surface area contributed by atoms with E-state index in [0.29, 0.717) is 17.8 Å². The molecule has 4 rings (SSSR count). The molecule has 0 N–H and O–H groups in total. The number of hydrogen-bond acceptors (Lipinski definition) is 4. The number of rotatable bonds is 7. The van der Waals surface area contributed by atoms with Crippen LogP contribution in [0.25, 0.3) is 16.7 Å². The van der Waals surface area contributed by atoms with Crippen LogP contribution in [0.5, 0.6) is 0 Å². The quantitative estimate of drug-likeness (QED) is 0.398. The molecular formula is C23H20ClN5O. The number of halogens is 1. The molecule has 0 bridgehead atoms. The fourth-order valence-corrected chi connectivity index (χ4v) is 3.91. The zero-order valence-corrected chi connectivity index (χ0v) is 17.3. The molecule has 7 heteroatoms. The molecule has 4 aromatic rings. The molecule has 0 aliphatic rings. The second-order valence-corrected chi connectivity index (χ2v) is 7.40. The topological polar surface area (TPSA) is 76.5 Å². The molecule has 150 valence electrons. The fraction of sp³-hybridized carbons (Fsp3) is 0.217. The molecule has 0 radical (unpaired) electrons. The third-order valence-electron chi connectivity index (χ3n) is 5.18. The predicted molar refractivity (Wildman–Crippen MR) is 116 cm³/mol. The summed E-state index contributed by atoms with van der Waals surface area (Å²) in [5.74, 6) is 0.801. The molecule has 0 aliphatic carbocycles. The number of hydrogen-bond donors (Lipinski definition) is 0. The van der Waals surface area contributed by atoms with Crippen molar-refractivity contribution in [2.45, 2.75) is 32.7 Å². The summed E-state index contributed by atoms with van der Waals surface area (Å²) in [7, 11) is 0. The van der Waals surface area contributed by atoms with E-state index in [2.05, 4.69) is 23.0 Å².